The van der Waals surface area contributed by atoms with E-state index in [2.05, 4.69) is 12.2 Å². The Morgan fingerprint density at radius 2 is 2.11 bits per heavy atom. The normalized spacial score (nSPS) is 11.2. The summed E-state index contributed by atoms with van der Waals surface area (Å²) in [4.78, 5) is 0.924. The number of rotatable bonds is 3. The van der Waals surface area contributed by atoms with Gasteiger partial charge in [0.15, 0.2) is 0 Å². The minimum absolute atomic E-state index is 0.924. The maximum absolute atomic E-state index is 4.87. The summed E-state index contributed by atoms with van der Waals surface area (Å²) in [6.07, 6.45) is 1.96. The maximum Gasteiger partial charge on any atom is 0.0138 e. The van der Waals surface area contributed by atoms with Gasteiger partial charge in [0.2, 0.25) is 0 Å². The zero-order valence-electron chi connectivity index (χ0n) is 6.19. The van der Waals surface area contributed by atoms with E-state index in [1.54, 1.807) is 0 Å². The summed E-state index contributed by atoms with van der Waals surface area (Å²) in [6.45, 7) is 6.95. The lowest BCUT2D eigenvalue weighted by molar-refractivity contribution is 0.856. The van der Waals surface area contributed by atoms with Crippen LogP contribution in [0.15, 0.2) is 11.8 Å². The Balaban J connectivity index is 3.69. The Morgan fingerprint density at radius 3 is 2.44 bits per heavy atom. The van der Waals surface area contributed by atoms with Crippen molar-refractivity contribution in [3.8, 4) is 0 Å². The van der Waals surface area contributed by atoms with E-state index in [4.69, 9.17) is 12.2 Å². The molecule has 1 nitrogen and oxygen atoms in total. The third-order valence-electron chi connectivity index (χ3n) is 0.875. The van der Waals surface area contributed by atoms with Gasteiger partial charge < -0.3 is 5.32 Å². The van der Waals surface area contributed by atoms with Crippen LogP contribution < -0.4 is 5.32 Å². The molecule has 9 heavy (non-hydrogen) atoms. The molecule has 0 atom stereocenters. The largest absolute Gasteiger partial charge is 0.389 e. The summed E-state index contributed by atoms with van der Waals surface area (Å²) in [6, 6.07) is 0. The predicted molar refractivity (Wildman–Crippen MR) is 45.7 cm³/mol. The summed E-state index contributed by atoms with van der Waals surface area (Å²) >= 11 is 4.87. The Labute approximate surface area is 62.1 Å². The van der Waals surface area contributed by atoms with Crippen LogP contribution in [0.25, 0.3) is 0 Å². The first-order chi connectivity index (χ1) is 4.16. The number of hydrogen-bond donors (Lipinski definition) is 1. The first-order valence-corrected chi connectivity index (χ1v) is 3.50. The highest BCUT2D eigenvalue weighted by Gasteiger charge is 1.83. The topological polar surface area (TPSA) is 12.0 Å². The standard InChI is InChI=1S/C7H13NS/c1-4-8-6(2)5-7(3)9/h5,8H,4H2,1-3H3. The fourth-order valence-electron chi connectivity index (χ4n) is 0.635. The predicted octanol–water partition coefficient (Wildman–Crippen LogP) is 1.89. The van der Waals surface area contributed by atoms with Gasteiger partial charge >= 0.3 is 0 Å². The van der Waals surface area contributed by atoms with Crippen LogP contribution in [0.1, 0.15) is 20.8 Å². The zero-order valence-corrected chi connectivity index (χ0v) is 7.01. The summed E-state index contributed by atoms with van der Waals surface area (Å²) in [5, 5.41) is 3.15. The number of thiocarbonyl (C=S) groups is 1. The van der Waals surface area contributed by atoms with Gasteiger partial charge in [-0.05, 0) is 26.8 Å². The molecule has 0 saturated carbocycles. The molecule has 0 aliphatic carbocycles. The lowest BCUT2D eigenvalue weighted by Gasteiger charge is -1.99. The van der Waals surface area contributed by atoms with Gasteiger partial charge in [0.25, 0.3) is 0 Å². The van der Waals surface area contributed by atoms with Crippen molar-refractivity contribution in [1.82, 2.24) is 5.32 Å². The summed E-state index contributed by atoms with van der Waals surface area (Å²) in [5.41, 5.74) is 1.14. The van der Waals surface area contributed by atoms with E-state index in [-0.39, 0.29) is 0 Å². The van der Waals surface area contributed by atoms with E-state index in [1.807, 2.05) is 19.9 Å². The molecule has 0 saturated heterocycles. The molecule has 1 N–H and O–H groups in total. The second kappa shape index (κ2) is 4.50. The third-order valence-corrected chi connectivity index (χ3v) is 0.993. The number of allylic oxidation sites excluding steroid dienone is 2. The highest BCUT2D eigenvalue weighted by atomic mass is 32.1. The second-order valence-electron chi connectivity index (χ2n) is 1.97. The van der Waals surface area contributed by atoms with Crippen molar-refractivity contribution in [2.24, 2.45) is 0 Å². The van der Waals surface area contributed by atoms with Crippen LogP contribution >= 0.6 is 12.2 Å². The summed E-state index contributed by atoms with van der Waals surface area (Å²) < 4.78 is 0. The van der Waals surface area contributed by atoms with E-state index in [0.717, 1.165) is 17.1 Å². The maximum atomic E-state index is 4.87. The van der Waals surface area contributed by atoms with Crippen LogP contribution in [0.2, 0.25) is 0 Å². The van der Waals surface area contributed by atoms with Crippen LogP contribution in [-0.4, -0.2) is 11.4 Å². The van der Waals surface area contributed by atoms with Gasteiger partial charge in [-0.3, -0.25) is 0 Å². The lowest BCUT2D eigenvalue weighted by Crippen LogP contribution is -2.09. The van der Waals surface area contributed by atoms with Crippen LogP contribution in [0.4, 0.5) is 0 Å². The van der Waals surface area contributed by atoms with Crippen molar-refractivity contribution in [2.45, 2.75) is 20.8 Å². The minimum Gasteiger partial charge on any atom is -0.389 e. The van der Waals surface area contributed by atoms with Crippen molar-refractivity contribution in [2.75, 3.05) is 6.54 Å². The Hall–Kier alpha value is -0.370. The lowest BCUT2D eigenvalue weighted by atomic mass is 10.3. The molecule has 0 rings (SSSR count). The molecule has 0 bridgehead atoms. The van der Waals surface area contributed by atoms with Gasteiger partial charge in [-0.15, -0.1) is 0 Å². The average Bonchev–Trinajstić information content (AvgIpc) is 1.63. The summed E-state index contributed by atoms with van der Waals surface area (Å²) in [5.74, 6) is 0. The highest BCUT2D eigenvalue weighted by molar-refractivity contribution is 7.80. The molecule has 0 heterocycles. The third kappa shape index (κ3) is 5.50. The van der Waals surface area contributed by atoms with Crippen LogP contribution in [0.5, 0.6) is 0 Å². The minimum atomic E-state index is 0.924. The molecular weight excluding hydrogens is 130 g/mol. The molecule has 0 radical (unpaired) electrons. The molecule has 0 unspecified atom stereocenters. The van der Waals surface area contributed by atoms with E-state index < -0.39 is 0 Å². The van der Waals surface area contributed by atoms with Gasteiger partial charge in [0, 0.05) is 17.1 Å². The van der Waals surface area contributed by atoms with E-state index in [1.165, 1.54) is 0 Å². The molecular formula is C7H13NS. The van der Waals surface area contributed by atoms with Crippen LogP contribution in [0.3, 0.4) is 0 Å². The molecule has 0 aliphatic heterocycles. The molecule has 0 aromatic rings. The molecule has 0 amide bonds. The van der Waals surface area contributed by atoms with E-state index in [9.17, 15) is 0 Å². The van der Waals surface area contributed by atoms with Crippen molar-refractivity contribution >= 4 is 17.1 Å². The van der Waals surface area contributed by atoms with Crippen molar-refractivity contribution < 1.29 is 0 Å². The van der Waals surface area contributed by atoms with Gasteiger partial charge in [0.1, 0.15) is 0 Å². The van der Waals surface area contributed by atoms with Crippen LogP contribution in [0, 0.1) is 0 Å². The molecule has 52 valence electrons. The molecule has 0 aromatic carbocycles. The molecule has 0 aliphatic rings. The fourth-order valence-corrected chi connectivity index (χ4v) is 0.812. The number of nitrogens with one attached hydrogen (secondary N) is 1. The second-order valence-corrected chi connectivity index (χ2v) is 2.61. The first kappa shape index (κ1) is 8.63. The molecule has 0 fully saturated rings. The summed E-state index contributed by atoms with van der Waals surface area (Å²) in [7, 11) is 0. The van der Waals surface area contributed by atoms with Crippen LogP contribution in [-0.2, 0) is 0 Å². The first-order valence-electron chi connectivity index (χ1n) is 3.09. The monoisotopic (exact) mass is 143 g/mol. The van der Waals surface area contributed by atoms with Gasteiger partial charge in [-0.25, -0.2) is 0 Å². The number of hydrogen-bond acceptors (Lipinski definition) is 2. The van der Waals surface area contributed by atoms with Gasteiger partial charge in [-0.1, -0.05) is 12.2 Å². The Bertz CT molecular complexity index is 127. The van der Waals surface area contributed by atoms with Crippen molar-refractivity contribution in [3.05, 3.63) is 11.8 Å². The Morgan fingerprint density at radius 1 is 1.56 bits per heavy atom. The molecule has 0 spiro atoms. The highest BCUT2D eigenvalue weighted by Crippen LogP contribution is 1.87. The van der Waals surface area contributed by atoms with Crippen molar-refractivity contribution in [1.29, 1.82) is 0 Å². The quantitative estimate of drug-likeness (QED) is 0.478. The smallest absolute Gasteiger partial charge is 0.0138 e. The van der Waals surface area contributed by atoms with E-state index >= 15 is 0 Å². The average molecular weight is 143 g/mol. The fraction of sp³-hybridized carbons (Fsp3) is 0.571. The zero-order chi connectivity index (χ0) is 7.28. The SMILES string of the molecule is CCNC(C)=CC(C)=S. The molecule has 2 heteroatoms. The van der Waals surface area contributed by atoms with Crippen molar-refractivity contribution in [3.63, 3.8) is 0 Å². The molecule has 0 aromatic heterocycles. The Kier molecular flexibility index (Phi) is 4.32. The van der Waals surface area contributed by atoms with E-state index in [0.29, 0.717) is 0 Å². The van der Waals surface area contributed by atoms with Gasteiger partial charge in [0.05, 0.1) is 0 Å². The van der Waals surface area contributed by atoms with Gasteiger partial charge in [-0.2, -0.15) is 0 Å².